The first-order valence-corrected chi connectivity index (χ1v) is 14.7. The third-order valence-electron chi connectivity index (χ3n) is 9.25. The topological polar surface area (TPSA) is 77.5 Å². The number of benzene rings is 2. The van der Waals surface area contributed by atoms with Crippen molar-refractivity contribution >= 4 is 11.8 Å². The molecule has 8 heteroatoms. The fraction of sp³-hybridized carbons (Fsp3) is 0.500. The summed E-state index contributed by atoms with van der Waals surface area (Å²) < 4.78 is 22.6. The normalized spacial score (nSPS) is 27.1. The van der Waals surface area contributed by atoms with Gasteiger partial charge in [-0.15, -0.1) is 0 Å². The Kier molecular flexibility index (Phi) is 6.77. The highest BCUT2D eigenvalue weighted by Gasteiger charge is 2.55. The van der Waals surface area contributed by atoms with Crippen molar-refractivity contribution in [3.8, 4) is 23.0 Å². The highest BCUT2D eigenvalue weighted by molar-refractivity contribution is 5.88. The minimum Gasteiger partial charge on any atom is -0.454 e. The van der Waals surface area contributed by atoms with Crippen molar-refractivity contribution in [2.45, 2.75) is 50.4 Å². The third kappa shape index (κ3) is 4.57. The molecule has 1 saturated carbocycles. The molecule has 4 aliphatic heterocycles. The van der Waals surface area contributed by atoms with Crippen molar-refractivity contribution in [1.29, 1.82) is 0 Å². The van der Waals surface area contributed by atoms with Gasteiger partial charge in [-0.3, -0.25) is 9.59 Å². The van der Waals surface area contributed by atoms with Crippen molar-refractivity contribution in [3.05, 3.63) is 59.7 Å². The zero-order valence-corrected chi connectivity index (χ0v) is 22.8. The molecular weight excluding hydrogens is 508 g/mol. The summed E-state index contributed by atoms with van der Waals surface area (Å²) in [6.07, 6.45) is 10.3. The van der Waals surface area contributed by atoms with Crippen molar-refractivity contribution < 1.29 is 28.5 Å². The summed E-state index contributed by atoms with van der Waals surface area (Å²) >= 11 is 0. The maximum atomic E-state index is 14.3. The lowest BCUT2D eigenvalue weighted by molar-refractivity contribution is -0.143. The monoisotopic (exact) mass is 544 g/mol. The van der Waals surface area contributed by atoms with Gasteiger partial charge in [-0.25, -0.2) is 0 Å². The van der Waals surface area contributed by atoms with Crippen LogP contribution in [0.1, 0.15) is 61.5 Å². The first kappa shape index (κ1) is 25.3. The molecule has 0 N–H and O–H groups in total. The van der Waals surface area contributed by atoms with E-state index in [2.05, 4.69) is 18.2 Å². The number of amides is 2. The van der Waals surface area contributed by atoms with Crippen LogP contribution in [0.15, 0.2) is 48.6 Å². The lowest BCUT2D eigenvalue weighted by Gasteiger charge is -2.52. The number of allylic oxidation sites excluding steroid dienone is 1. The molecule has 4 heterocycles. The van der Waals surface area contributed by atoms with Crippen LogP contribution in [-0.2, 0) is 9.59 Å². The molecule has 2 aromatic rings. The Bertz CT molecular complexity index is 1250. The van der Waals surface area contributed by atoms with Gasteiger partial charge in [0.2, 0.25) is 25.4 Å². The fourth-order valence-electron chi connectivity index (χ4n) is 7.16. The van der Waals surface area contributed by atoms with Crippen molar-refractivity contribution in [1.82, 2.24) is 9.80 Å². The molecule has 40 heavy (non-hydrogen) atoms. The number of hydrogen-bond acceptors (Lipinski definition) is 6. The second-order valence-electron chi connectivity index (χ2n) is 11.5. The summed E-state index contributed by atoms with van der Waals surface area (Å²) in [6.45, 7) is 3.61. The SMILES string of the molecule is O=C(C=CC1C(c2ccc3c(c2)OCO3)C(C(=O)N2CCCCC2)C1c1ccc2c(c1)OCO2)N1CCCCC1. The molecule has 0 aromatic heterocycles. The van der Waals surface area contributed by atoms with Gasteiger partial charge < -0.3 is 28.7 Å². The molecule has 3 fully saturated rings. The van der Waals surface area contributed by atoms with Crippen LogP contribution in [0.4, 0.5) is 0 Å². The summed E-state index contributed by atoms with van der Waals surface area (Å²) in [4.78, 5) is 31.4. The van der Waals surface area contributed by atoms with E-state index in [0.29, 0.717) is 11.5 Å². The Balaban J connectivity index is 1.27. The molecule has 2 saturated heterocycles. The Labute approximate surface area is 234 Å². The fourth-order valence-corrected chi connectivity index (χ4v) is 7.16. The summed E-state index contributed by atoms with van der Waals surface area (Å²) in [5.74, 6) is 2.61. The standard InChI is InChI=1S/C32H36N2O6/c35-28(33-13-3-1-4-14-33)12-9-23-29(21-7-10-24-26(17-21)39-19-37-24)31(32(36)34-15-5-2-6-16-34)30(23)22-8-11-25-27(18-22)40-20-38-25/h7-12,17-18,23,29-31H,1-6,13-16,19-20H2. The van der Waals surface area contributed by atoms with Crippen molar-refractivity contribution in [3.63, 3.8) is 0 Å². The Hall–Kier alpha value is -3.68. The molecule has 7 rings (SSSR count). The molecule has 0 spiro atoms. The number of nitrogens with zero attached hydrogens (tertiary/aromatic N) is 2. The van der Waals surface area contributed by atoms with E-state index in [1.807, 2.05) is 34.1 Å². The summed E-state index contributed by atoms with van der Waals surface area (Å²) in [6, 6.07) is 12.0. The molecule has 2 atom stereocenters. The second kappa shape index (κ2) is 10.7. The Morgan fingerprint density at radius 3 is 1.70 bits per heavy atom. The number of carbonyl (C=O) groups is 2. The smallest absolute Gasteiger partial charge is 0.246 e. The lowest BCUT2D eigenvalue weighted by Crippen LogP contribution is -2.52. The molecule has 0 bridgehead atoms. The van der Waals surface area contributed by atoms with Gasteiger partial charge >= 0.3 is 0 Å². The zero-order chi connectivity index (χ0) is 27.1. The molecule has 1 aliphatic carbocycles. The number of piperidine rings is 2. The van der Waals surface area contributed by atoms with Crippen LogP contribution in [0.5, 0.6) is 23.0 Å². The zero-order valence-electron chi connectivity index (χ0n) is 22.8. The maximum absolute atomic E-state index is 14.3. The Morgan fingerprint density at radius 2 is 1.15 bits per heavy atom. The van der Waals surface area contributed by atoms with Gasteiger partial charge in [-0.2, -0.15) is 0 Å². The number of fused-ring (bicyclic) bond motifs is 2. The molecule has 0 radical (unpaired) electrons. The van der Waals surface area contributed by atoms with Gasteiger partial charge in [-0.05, 0) is 85.9 Å². The van der Waals surface area contributed by atoms with Gasteiger partial charge in [-0.1, -0.05) is 18.2 Å². The van der Waals surface area contributed by atoms with Crippen LogP contribution >= 0.6 is 0 Å². The van der Waals surface area contributed by atoms with Crippen LogP contribution in [0.2, 0.25) is 0 Å². The Morgan fingerprint density at radius 1 is 0.650 bits per heavy atom. The number of likely N-dealkylation sites (tertiary alicyclic amines) is 2. The minimum absolute atomic E-state index is 0.0479. The highest BCUT2D eigenvalue weighted by Crippen LogP contribution is 2.60. The molecule has 5 aliphatic rings. The van der Waals surface area contributed by atoms with Gasteiger partial charge in [0, 0.05) is 38.0 Å². The predicted molar refractivity (Wildman–Crippen MR) is 148 cm³/mol. The van der Waals surface area contributed by atoms with E-state index in [1.54, 1.807) is 6.08 Å². The van der Waals surface area contributed by atoms with Crippen LogP contribution in [0.25, 0.3) is 0 Å². The second-order valence-corrected chi connectivity index (χ2v) is 11.5. The molecular formula is C32H36N2O6. The average Bonchev–Trinajstić information content (AvgIpc) is 3.66. The van der Waals surface area contributed by atoms with E-state index in [1.165, 1.54) is 6.42 Å². The van der Waals surface area contributed by atoms with Crippen LogP contribution < -0.4 is 18.9 Å². The molecule has 2 amide bonds. The lowest BCUT2D eigenvalue weighted by atomic mass is 9.52. The van der Waals surface area contributed by atoms with Crippen LogP contribution in [-0.4, -0.2) is 61.4 Å². The van der Waals surface area contributed by atoms with E-state index in [0.717, 1.165) is 80.9 Å². The largest absolute Gasteiger partial charge is 0.454 e. The first-order valence-electron chi connectivity index (χ1n) is 14.7. The number of carbonyl (C=O) groups excluding carboxylic acids is 2. The quantitative estimate of drug-likeness (QED) is 0.502. The third-order valence-corrected chi connectivity index (χ3v) is 9.25. The summed E-state index contributed by atoms with van der Waals surface area (Å²) in [7, 11) is 0. The van der Waals surface area contributed by atoms with Crippen LogP contribution in [0.3, 0.4) is 0 Å². The number of ether oxygens (including phenoxy) is 4. The summed E-state index contributed by atoms with van der Waals surface area (Å²) in [5.41, 5.74) is 2.08. The minimum atomic E-state index is -0.265. The predicted octanol–water partition coefficient (Wildman–Crippen LogP) is 4.84. The maximum Gasteiger partial charge on any atom is 0.246 e. The highest BCUT2D eigenvalue weighted by atomic mass is 16.7. The van der Waals surface area contributed by atoms with E-state index >= 15 is 0 Å². The van der Waals surface area contributed by atoms with E-state index in [-0.39, 0.29) is 49.1 Å². The molecule has 210 valence electrons. The van der Waals surface area contributed by atoms with Gasteiger partial charge in [0.1, 0.15) is 0 Å². The average molecular weight is 545 g/mol. The molecule has 2 aromatic carbocycles. The molecule has 2 unspecified atom stereocenters. The van der Waals surface area contributed by atoms with Gasteiger partial charge in [0.25, 0.3) is 0 Å². The van der Waals surface area contributed by atoms with E-state index in [9.17, 15) is 9.59 Å². The van der Waals surface area contributed by atoms with E-state index < -0.39 is 0 Å². The van der Waals surface area contributed by atoms with Gasteiger partial charge in [0.05, 0.1) is 5.92 Å². The number of rotatable bonds is 5. The van der Waals surface area contributed by atoms with Crippen LogP contribution in [0, 0.1) is 11.8 Å². The van der Waals surface area contributed by atoms with Gasteiger partial charge in [0.15, 0.2) is 23.0 Å². The number of hydrogen-bond donors (Lipinski definition) is 0. The first-order chi connectivity index (χ1) is 19.7. The van der Waals surface area contributed by atoms with Crippen molar-refractivity contribution in [2.24, 2.45) is 11.8 Å². The van der Waals surface area contributed by atoms with E-state index in [4.69, 9.17) is 18.9 Å². The summed E-state index contributed by atoms with van der Waals surface area (Å²) in [5, 5.41) is 0. The van der Waals surface area contributed by atoms with Crippen molar-refractivity contribution in [2.75, 3.05) is 39.8 Å². The molecule has 8 nitrogen and oxygen atoms in total.